The first-order chi connectivity index (χ1) is 8.73. The summed E-state index contributed by atoms with van der Waals surface area (Å²) in [6.07, 6.45) is 4.52. The van der Waals surface area contributed by atoms with E-state index in [1.807, 2.05) is 25.7 Å². The van der Waals surface area contributed by atoms with E-state index in [0.29, 0.717) is 12.5 Å². The summed E-state index contributed by atoms with van der Waals surface area (Å²) in [5.74, 6) is -0.295. The molecule has 4 nitrogen and oxygen atoms in total. The molecule has 0 aliphatic heterocycles. The highest BCUT2D eigenvalue weighted by Gasteiger charge is 2.35. The topological polar surface area (TPSA) is 57.6 Å². The van der Waals surface area contributed by atoms with Gasteiger partial charge in [-0.05, 0) is 18.8 Å². The number of carbonyl (C=O) groups excluding carboxylic acids is 1. The Morgan fingerprint density at radius 2 is 1.79 bits per heavy atom. The lowest BCUT2D eigenvalue weighted by Gasteiger charge is -2.41. The van der Waals surface area contributed by atoms with Crippen molar-refractivity contribution in [1.82, 2.24) is 4.90 Å². The van der Waals surface area contributed by atoms with Crippen molar-refractivity contribution in [2.45, 2.75) is 65.8 Å². The third-order valence-electron chi connectivity index (χ3n) is 3.94. The van der Waals surface area contributed by atoms with Crippen LogP contribution in [0.4, 0.5) is 0 Å². The molecule has 1 fully saturated rings. The molecule has 110 valence electrons. The number of carbonyl (C=O) groups is 2. The Hall–Kier alpha value is -1.06. The average Bonchev–Trinajstić information content (AvgIpc) is 2.29. The van der Waals surface area contributed by atoms with Crippen LogP contribution >= 0.6 is 0 Å². The monoisotopic (exact) mass is 269 g/mol. The summed E-state index contributed by atoms with van der Waals surface area (Å²) in [5, 5.41) is 8.87. The first-order valence-corrected chi connectivity index (χ1v) is 7.26. The molecule has 19 heavy (non-hydrogen) atoms. The third-order valence-corrected chi connectivity index (χ3v) is 3.94. The number of nitrogens with zero attached hydrogens (tertiary/aromatic N) is 1. The standard InChI is InChI=1S/C15H27NO3/c1-11-7-5-6-8-12(11)16(10-9-13(17)18)14(19)15(2,3)4/h11-12H,5-10H2,1-4H3,(H,17,18). The highest BCUT2D eigenvalue weighted by Crippen LogP contribution is 2.31. The molecule has 2 atom stereocenters. The summed E-state index contributed by atoms with van der Waals surface area (Å²) in [7, 11) is 0. The van der Waals surface area contributed by atoms with E-state index in [1.165, 1.54) is 6.42 Å². The van der Waals surface area contributed by atoms with Gasteiger partial charge in [0.1, 0.15) is 0 Å². The minimum atomic E-state index is -0.838. The van der Waals surface area contributed by atoms with Crippen molar-refractivity contribution in [1.29, 1.82) is 0 Å². The lowest BCUT2D eigenvalue weighted by Crippen LogP contribution is -2.50. The van der Waals surface area contributed by atoms with Crippen molar-refractivity contribution in [2.75, 3.05) is 6.54 Å². The van der Waals surface area contributed by atoms with Crippen LogP contribution in [0.2, 0.25) is 0 Å². The van der Waals surface area contributed by atoms with E-state index in [-0.39, 0.29) is 18.4 Å². The Bertz CT molecular complexity index is 333. The molecule has 0 aromatic carbocycles. The van der Waals surface area contributed by atoms with Gasteiger partial charge in [0.15, 0.2) is 0 Å². The van der Waals surface area contributed by atoms with E-state index in [9.17, 15) is 9.59 Å². The molecule has 0 bridgehead atoms. The maximum atomic E-state index is 12.6. The minimum absolute atomic E-state index is 0.0328. The number of aliphatic carboxylic acids is 1. The van der Waals surface area contributed by atoms with E-state index < -0.39 is 11.4 Å². The molecule has 4 heteroatoms. The van der Waals surface area contributed by atoms with Crippen molar-refractivity contribution in [3.05, 3.63) is 0 Å². The molecule has 0 saturated heterocycles. The first-order valence-electron chi connectivity index (χ1n) is 7.26. The van der Waals surface area contributed by atoms with Crippen LogP contribution in [0, 0.1) is 11.3 Å². The summed E-state index contributed by atoms with van der Waals surface area (Å²) in [6, 6.07) is 0.208. The number of hydrogen-bond acceptors (Lipinski definition) is 2. The molecule has 0 spiro atoms. The molecule has 0 aromatic heterocycles. The average molecular weight is 269 g/mol. The van der Waals surface area contributed by atoms with Gasteiger partial charge in [-0.15, -0.1) is 0 Å². The third kappa shape index (κ3) is 4.51. The van der Waals surface area contributed by atoms with Gasteiger partial charge in [-0.2, -0.15) is 0 Å². The maximum Gasteiger partial charge on any atom is 0.305 e. The van der Waals surface area contributed by atoms with Crippen LogP contribution in [0.5, 0.6) is 0 Å². The van der Waals surface area contributed by atoms with E-state index in [2.05, 4.69) is 6.92 Å². The largest absolute Gasteiger partial charge is 0.481 e. The molecule has 1 rings (SSSR count). The van der Waals surface area contributed by atoms with E-state index in [4.69, 9.17) is 5.11 Å². The molecule has 0 aromatic rings. The number of rotatable bonds is 4. The van der Waals surface area contributed by atoms with Crippen molar-refractivity contribution < 1.29 is 14.7 Å². The lowest BCUT2D eigenvalue weighted by atomic mass is 9.83. The van der Waals surface area contributed by atoms with Gasteiger partial charge in [-0.3, -0.25) is 9.59 Å². The van der Waals surface area contributed by atoms with Gasteiger partial charge in [-0.1, -0.05) is 40.5 Å². The second-order valence-electron chi connectivity index (χ2n) is 6.72. The molecule has 1 N–H and O–H groups in total. The van der Waals surface area contributed by atoms with Gasteiger partial charge in [0.25, 0.3) is 0 Å². The van der Waals surface area contributed by atoms with E-state index >= 15 is 0 Å². The molecule has 1 aliphatic carbocycles. The SMILES string of the molecule is CC1CCCCC1N(CCC(=O)O)C(=O)C(C)(C)C. The fraction of sp³-hybridized carbons (Fsp3) is 0.867. The molecule has 0 radical (unpaired) electrons. The zero-order valence-corrected chi connectivity index (χ0v) is 12.6. The Labute approximate surface area is 116 Å². The van der Waals surface area contributed by atoms with Crippen LogP contribution in [0.15, 0.2) is 0 Å². The molecule has 2 unspecified atom stereocenters. The summed E-state index contributed by atoms with van der Waals surface area (Å²) in [4.78, 5) is 25.2. The summed E-state index contributed by atoms with van der Waals surface area (Å²) < 4.78 is 0. The second-order valence-corrected chi connectivity index (χ2v) is 6.72. The van der Waals surface area contributed by atoms with Gasteiger partial charge in [0, 0.05) is 18.0 Å². The zero-order chi connectivity index (χ0) is 14.6. The van der Waals surface area contributed by atoms with Crippen LogP contribution in [0.1, 0.15) is 59.8 Å². The van der Waals surface area contributed by atoms with Crippen molar-refractivity contribution in [2.24, 2.45) is 11.3 Å². The number of amides is 1. The highest BCUT2D eigenvalue weighted by molar-refractivity contribution is 5.82. The Morgan fingerprint density at radius 1 is 1.21 bits per heavy atom. The Morgan fingerprint density at radius 3 is 2.26 bits per heavy atom. The summed E-state index contributed by atoms with van der Waals surface area (Å²) >= 11 is 0. The van der Waals surface area contributed by atoms with Gasteiger partial charge in [-0.25, -0.2) is 0 Å². The highest BCUT2D eigenvalue weighted by atomic mass is 16.4. The first kappa shape index (κ1) is 16.0. The van der Waals surface area contributed by atoms with E-state index in [0.717, 1.165) is 19.3 Å². The van der Waals surface area contributed by atoms with Gasteiger partial charge < -0.3 is 10.0 Å². The fourth-order valence-electron chi connectivity index (χ4n) is 2.82. The van der Waals surface area contributed by atoms with Crippen molar-refractivity contribution >= 4 is 11.9 Å². The molecule has 1 amide bonds. The number of carboxylic acids is 1. The lowest BCUT2D eigenvalue weighted by molar-refractivity contribution is -0.145. The molecular weight excluding hydrogens is 242 g/mol. The number of carboxylic acid groups (broad SMARTS) is 1. The smallest absolute Gasteiger partial charge is 0.305 e. The van der Waals surface area contributed by atoms with Crippen LogP contribution in [0.25, 0.3) is 0 Å². The molecule has 1 saturated carbocycles. The predicted molar refractivity (Wildman–Crippen MR) is 74.8 cm³/mol. The van der Waals surface area contributed by atoms with E-state index in [1.54, 1.807) is 0 Å². The Balaban J connectivity index is 2.84. The molecular formula is C15H27NO3. The zero-order valence-electron chi connectivity index (χ0n) is 12.6. The van der Waals surface area contributed by atoms with Crippen LogP contribution in [-0.2, 0) is 9.59 Å². The predicted octanol–water partition coefficient (Wildman–Crippen LogP) is 2.91. The van der Waals surface area contributed by atoms with Gasteiger partial charge in [0.05, 0.1) is 6.42 Å². The van der Waals surface area contributed by atoms with Crippen LogP contribution in [-0.4, -0.2) is 34.5 Å². The van der Waals surface area contributed by atoms with Crippen LogP contribution < -0.4 is 0 Å². The minimum Gasteiger partial charge on any atom is -0.481 e. The normalized spacial score (nSPS) is 24.0. The van der Waals surface area contributed by atoms with Crippen molar-refractivity contribution in [3.63, 3.8) is 0 Å². The Kier molecular flexibility index (Phi) is 5.39. The quantitative estimate of drug-likeness (QED) is 0.853. The maximum absolute atomic E-state index is 12.6. The second kappa shape index (κ2) is 6.40. The summed E-state index contributed by atoms with van der Waals surface area (Å²) in [5.41, 5.74) is -0.449. The van der Waals surface area contributed by atoms with Gasteiger partial charge in [0.2, 0.25) is 5.91 Å². The molecule has 0 heterocycles. The number of hydrogen-bond donors (Lipinski definition) is 1. The van der Waals surface area contributed by atoms with Crippen LogP contribution in [0.3, 0.4) is 0 Å². The van der Waals surface area contributed by atoms with Gasteiger partial charge >= 0.3 is 5.97 Å². The fourth-order valence-corrected chi connectivity index (χ4v) is 2.82. The summed E-state index contributed by atoms with van der Waals surface area (Å²) in [6.45, 7) is 8.21. The van der Waals surface area contributed by atoms with Crippen molar-refractivity contribution in [3.8, 4) is 0 Å². The molecule has 1 aliphatic rings.